The van der Waals surface area contributed by atoms with Gasteiger partial charge in [-0.15, -0.1) is 0 Å². The molecular formula is C27H45NO2. The van der Waals surface area contributed by atoms with Crippen LogP contribution in [0.4, 0.5) is 5.69 Å². The molecule has 2 rings (SSSR count). The fourth-order valence-electron chi connectivity index (χ4n) is 4.62. The minimum Gasteiger partial charge on any atom is -0.466 e. The first-order valence-corrected chi connectivity index (χ1v) is 12.8. The number of nitrogens with one attached hydrogen (secondary N) is 1. The molecule has 0 saturated heterocycles. The van der Waals surface area contributed by atoms with E-state index in [0.29, 0.717) is 13.0 Å². The van der Waals surface area contributed by atoms with Gasteiger partial charge in [0.15, 0.2) is 0 Å². The largest absolute Gasteiger partial charge is 0.466 e. The van der Waals surface area contributed by atoms with E-state index in [9.17, 15) is 4.79 Å². The van der Waals surface area contributed by atoms with E-state index < -0.39 is 0 Å². The standard InChI is InChI=1S/C27H45NO2/c1-2-30-27(29)23-25-18-20-26(21-19-25)28-22-14-9-7-5-3-4-6-8-11-15-24-16-12-10-13-17-24/h18-21,24,28H,2-17,22-23H2,1H3. The van der Waals surface area contributed by atoms with Crippen LogP contribution in [0, 0.1) is 5.92 Å². The molecule has 1 aliphatic rings. The monoisotopic (exact) mass is 415 g/mol. The molecule has 170 valence electrons. The molecule has 0 aliphatic heterocycles. The first-order chi connectivity index (χ1) is 14.8. The Balaban J connectivity index is 1.36. The Morgan fingerprint density at radius 2 is 1.47 bits per heavy atom. The Bertz CT molecular complexity index is 548. The highest BCUT2D eigenvalue weighted by Crippen LogP contribution is 2.28. The highest BCUT2D eigenvalue weighted by Gasteiger charge is 2.12. The maximum Gasteiger partial charge on any atom is 0.310 e. The third kappa shape index (κ3) is 11.6. The van der Waals surface area contributed by atoms with Crippen molar-refractivity contribution in [2.45, 2.75) is 110 Å². The lowest BCUT2D eigenvalue weighted by atomic mass is 9.85. The second kappa shape index (κ2) is 16.2. The van der Waals surface area contributed by atoms with E-state index in [1.807, 2.05) is 19.1 Å². The minimum atomic E-state index is -0.155. The summed E-state index contributed by atoms with van der Waals surface area (Å²) in [4.78, 5) is 11.5. The number of anilines is 1. The summed E-state index contributed by atoms with van der Waals surface area (Å²) in [7, 11) is 0. The first-order valence-electron chi connectivity index (χ1n) is 12.8. The van der Waals surface area contributed by atoms with Crippen molar-refractivity contribution in [3.63, 3.8) is 0 Å². The highest BCUT2D eigenvalue weighted by atomic mass is 16.5. The van der Waals surface area contributed by atoms with Gasteiger partial charge in [-0.25, -0.2) is 0 Å². The summed E-state index contributed by atoms with van der Waals surface area (Å²) in [6.07, 6.45) is 21.9. The lowest BCUT2D eigenvalue weighted by Gasteiger charge is -2.21. The van der Waals surface area contributed by atoms with Crippen molar-refractivity contribution in [2.75, 3.05) is 18.5 Å². The van der Waals surface area contributed by atoms with E-state index in [1.54, 1.807) is 0 Å². The molecule has 0 atom stereocenters. The van der Waals surface area contributed by atoms with Crippen molar-refractivity contribution in [3.8, 4) is 0 Å². The number of carbonyl (C=O) groups is 1. The third-order valence-electron chi connectivity index (χ3n) is 6.45. The van der Waals surface area contributed by atoms with Gasteiger partial charge in [-0.2, -0.15) is 0 Å². The summed E-state index contributed by atoms with van der Waals surface area (Å²) in [5.74, 6) is 0.910. The van der Waals surface area contributed by atoms with Crippen LogP contribution in [0.1, 0.15) is 109 Å². The molecule has 1 fully saturated rings. The number of carbonyl (C=O) groups excluding carboxylic acids is 1. The van der Waals surface area contributed by atoms with Crippen LogP contribution in [0.2, 0.25) is 0 Å². The van der Waals surface area contributed by atoms with Gasteiger partial charge < -0.3 is 10.1 Å². The molecule has 0 bridgehead atoms. The van der Waals surface area contributed by atoms with E-state index in [0.717, 1.165) is 23.7 Å². The highest BCUT2D eigenvalue weighted by molar-refractivity contribution is 5.72. The molecule has 0 amide bonds. The predicted molar refractivity (Wildman–Crippen MR) is 128 cm³/mol. The van der Waals surface area contributed by atoms with Gasteiger partial charge in [0.05, 0.1) is 13.0 Å². The van der Waals surface area contributed by atoms with Gasteiger partial charge in [0.25, 0.3) is 0 Å². The molecule has 1 aromatic carbocycles. The molecule has 1 aliphatic carbocycles. The summed E-state index contributed by atoms with van der Waals surface area (Å²) in [6, 6.07) is 8.13. The second-order valence-electron chi connectivity index (χ2n) is 9.08. The summed E-state index contributed by atoms with van der Waals surface area (Å²) < 4.78 is 4.99. The maximum atomic E-state index is 11.5. The quantitative estimate of drug-likeness (QED) is 0.222. The van der Waals surface area contributed by atoms with Crippen LogP contribution in [0.25, 0.3) is 0 Å². The van der Waals surface area contributed by atoms with Crippen molar-refractivity contribution in [1.82, 2.24) is 0 Å². The van der Waals surface area contributed by atoms with Gasteiger partial charge >= 0.3 is 5.97 Å². The van der Waals surface area contributed by atoms with Gasteiger partial charge in [0.1, 0.15) is 0 Å². The lowest BCUT2D eigenvalue weighted by Crippen LogP contribution is -2.07. The molecule has 30 heavy (non-hydrogen) atoms. The molecular weight excluding hydrogens is 370 g/mol. The number of hydrogen-bond donors (Lipinski definition) is 1. The first kappa shape index (κ1) is 24.8. The summed E-state index contributed by atoms with van der Waals surface area (Å²) >= 11 is 0. The molecule has 3 nitrogen and oxygen atoms in total. The Hall–Kier alpha value is -1.51. The fraction of sp³-hybridized carbons (Fsp3) is 0.741. The molecule has 0 radical (unpaired) electrons. The molecule has 1 N–H and O–H groups in total. The number of ether oxygens (including phenoxy) is 1. The molecule has 1 aromatic rings. The third-order valence-corrected chi connectivity index (χ3v) is 6.45. The zero-order valence-corrected chi connectivity index (χ0v) is 19.4. The average molecular weight is 416 g/mol. The minimum absolute atomic E-state index is 0.155. The van der Waals surface area contributed by atoms with E-state index in [-0.39, 0.29) is 5.97 Å². The van der Waals surface area contributed by atoms with Crippen molar-refractivity contribution in [3.05, 3.63) is 29.8 Å². The SMILES string of the molecule is CCOC(=O)Cc1ccc(NCCCCCCCCCCCC2CCCCC2)cc1. The Kier molecular flexibility index (Phi) is 13.4. The van der Waals surface area contributed by atoms with Crippen LogP contribution >= 0.6 is 0 Å². The summed E-state index contributed by atoms with van der Waals surface area (Å²) in [5, 5.41) is 3.49. The van der Waals surface area contributed by atoms with Crippen molar-refractivity contribution in [2.24, 2.45) is 5.92 Å². The van der Waals surface area contributed by atoms with Crippen molar-refractivity contribution >= 4 is 11.7 Å². The van der Waals surface area contributed by atoms with E-state index >= 15 is 0 Å². The second-order valence-corrected chi connectivity index (χ2v) is 9.08. The van der Waals surface area contributed by atoms with Crippen LogP contribution < -0.4 is 5.32 Å². The zero-order chi connectivity index (χ0) is 21.3. The lowest BCUT2D eigenvalue weighted by molar-refractivity contribution is -0.142. The van der Waals surface area contributed by atoms with Crippen LogP contribution in [-0.2, 0) is 16.0 Å². The van der Waals surface area contributed by atoms with Gasteiger partial charge in [-0.05, 0) is 37.0 Å². The van der Waals surface area contributed by atoms with E-state index in [4.69, 9.17) is 4.74 Å². The normalized spacial score (nSPS) is 14.6. The molecule has 0 heterocycles. The zero-order valence-electron chi connectivity index (χ0n) is 19.4. The van der Waals surface area contributed by atoms with Crippen molar-refractivity contribution < 1.29 is 9.53 Å². The van der Waals surface area contributed by atoms with Crippen molar-refractivity contribution in [1.29, 1.82) is 0 Å². The molecule has 0 unspecified atom stereocenters. The number of unbranched alkanes of at least 4 members (excludes halogenated alkanes) is 8. The summed E-state index contributed by atoms with van der Waals surface area (Å²) in [5.41, 5.74) is 2.14. The topological polar surface area (TPSA) is 38.3 Å². The molecule has 1 saturated carbocycles. The van der Waals surface area contributed by atoms with Crippen LogP contribution in [0.15, 0.2) is 24.3 Å². The van der Waals surface area contributed by atoms with E-state index in [1.165, 1.54) is 96.3 Å². The fourth-order valence-corrected chi connectivity index (χ4v) is 4.62. The van der Waals surface area contributed by atoms with Gasteiger partial charge in [0, 0.05) is 12.2 Å². The molecule has 0 aromatic heterocycles. The predicted octanol–water partition coefficient (Wildman–Crippen LogP) is 7.69. The number of esters is 1. The van der Waals surface area contributed by atoms with Gasteiger partial charge in [-0.1, -0.05) is 102 Å². The Labute approximate surface area is 185 Å². The smallest absolute Gasteiger partial charge is 0.310 e. The number of benzene rings is 1. The Morgan fingerprint density at radius 3 is 2.10 bits per heavy atom. The van der Waals surface area contributed by atoms with E-state index in [2.05, 4.69) is 17.4 Å². The van der Waals surface area contributed by atoms with Crippen LogP contribution in [0.5, 0.6) is 0 Å². The molecule has 0 spiro atoms. The van der Waals surface area contributed by atoms with Crippen LogP contribution in [-0.4, -0.2) is 19.1 Å². The van der Waals surface area contributed by atoms with Gasteiger partial charge in [0.2, 0.25) is 0 Å². The average Bonchev–Trinajstić information content (AvgIpc) is 2.76. The summed E-state index contributed by atoms with van der Waals surface area (Å²) in [6.45, 7) is 3.31. The maximum absolute atomic E-state index is 11.5. The van der Waals surface area contributed by atoms with Gasteiger partial charge in [-0.3, -0.25) is 4.79 Å². The number of rotatable bonds is 16. The number of hydrogen-bond acceptors (Lipinski definition) is 3. The van der Waals surface area contributed by atoms with Crippen LogP contribution in [0.3, 0.4) is 0 Å². The Morgan fingerprint density at radius 1 is 0.867 bits per heavy atom. The molecule has 3 heteroatoms.